The summed E-state index contributed by atoms with van der Waals surface area (Å²) < 4.78 is 11.5. The van der Waals surface area contributed by atoms with Crippen LogP contribution in [0.25, 0.3) is 0 Å². The minimum absolute atomic E-state index is 0.0387. The first-order valence-corrected chi connectivity index (χ1v) is 9.23. The number of rotatable bonds is 3. The van der Waals surface area contributed by atoms with E-state index in [1.807, 2.05) is 47.4 Å². The Morgan fingerprint density at radius 3 is 2.92 bits per heavy atom. The van der Waals surface area contributed by atoms with Crippen molar-refractivity contribution in [3.63, 3.8) is 0 Å². The zero-order valence-electron chi connectivity index (χ0n) is 14.8. The Bertz CT molecular complexity index is 763. The number of carbonyl (C=O) groups is 1. The van der Waals surface area contributed by atoms with Crippen LogP contribution in [0.3, 0.4) is 0 Å². The zero-order chi connectivity index (χ0) is 17.8. The molecule has 0 aromatic heterocycles. The van der Waals surface area contributed by atoms with Crippen LogP contribution in [-0.4, -0.2) is 37.2 Å². The van der Waals surface area contributed by atoms with Crippen LogP contribution in [0.15, 0.2) is 48.5 Å². The molecule has 0 bridgehead atoms. The van der Waals surface area contributed by atoms with Crippen molar-refractivity contribution in [2.75, 3.05) is 26.3 Å². The van der Waals surface area contributed by atoms with E-state index in [4.69, 9.17) is 9.47 Å². The predicted octanol–water partition coefficient (Wildman–Crippen LogP) is 3.29. The third-order valence-electron chi connectivity index (χ3n) is 4.94. The van der Waals surface area contributed by atoms with E-state index in [9.17, 15) is 4.79 Å². The van der Waals surface area contributed by atoms with Crippen molar-refractivity contribution < 1.29 is 14.3 Å². The fourth-order valence-electron chi connectivity index (χ4n) is 3.52. The Balaban J connectivity index is 1.34. The summed E-state index contributed by atoms with van der Waals surface area (Å²) in [7, 11) is 0. The average molecular weight is 352 g/mol. The lowest BCUT2D eigenvalue weighted by molar-refractivity contribution is -0.0154. The summed E-state index contributed by atoms with van der Waals surface area (Å²) in [5.74, 6) is 0.977. The quantitative estimate of drug-likeness (QED) is 0.922. The molecule has 0 spiro atoms. The lowest BCUT2D eigenvalue weighted by Gasteiger charge is -2.33. The van der Waals surface area contributed by atoms with Gasteiger partial charge in [0, 0.05) is 13.1 Å². The van der Waals surface area contributed by atoms with Gasteiger partial charge < -0.3 is 19.7 Å². The monoisotopic (exact) mass is 352 g/mol. The molecular weight excluding hydrogens is 328 g/mol. The standard InChI is InChI=1S/C21H24N2O3/c24-21(22-14-16-8-9-19-18(13-16)7-4-11-25-19)23-10-12-26-20(15-23)17-5-2-1-3-6-17/h1-3,5-6,8-9,13,20H,4,7,10-12,14-15H2,(H,22,24)/t20-/m0/s1. The molecule has 2 aromatic rings. The average Bonchev–Trinajstić information content (AvgIpc) is 2.72. The summed E-state index contributed by atoms with van der Waals surface area (Å²) in [5, 5.41) is 3.04. The van der Waals surface area contributed by atoms with Crippen LogP contribution < -0.4 is 10.1 Å². The molecule has 4 rings (SSSR count). The Morgan fingerprint density at radius 2 is 2.04 bits per heavy atom. The molecule has 26 heavy (non-hydrogen) atoms. The van der Waals surface area contributed by atoms with Crippen LogP contribution in [-0.2, 0) is 17.7 Å². The predicted molar refractivity (Wildman–Crippen MR) is 99.2 cm³/mol. The number of ether oxygens (including phenoxy) is 2. The highest BCUT2D eigenvalue weighted by atomic mass is 16.5. The molecule has 1 atom stereocenters. The molecule has 136 valence electrons. The van der Waals surface area contributed by atoms with E-state index in [1.54, 1.807) is 0 Å². The van der Waals surface area contributed by atoms with Gasteiger partial charge in [-0.05, 0) is 35.6 Å². The van der Waals surface area contributed by atoms with Gasteiger partial charge in [-0.2, -0.15) is 0 Å². The molecule has 2 aromatic carbocycles. The first-order valence-electron chi connectivity index (χ1n) is 9.23. The van der Waals surface area contributed by atoms with Gasteiger partial charge in [-0.25, -0.2) is 4.79 Å². The normalized spacial score (nSPS) is 19.4. The third-order valence-corrected chi connectivity index (χ3v) is 4.94. The van der Waals surface area contributed by atoms with Crippen molar-refractivity contribution in [1.29, 1.82) is 0 Å². The van der Waals surface area contributed by atoms with Gasteiger partial charge in [0.2, 0.25) is 0 Å². The SMILES string of the molecule is O=C(NCc1ccc2c(c1)CCCO2)N1CCO[C@H](c2ccccc2)C1. The van der Waals surface area contributed by atoms with E-state index in [-0.39, 0.29) is 12.1 Å². The number of nitrogens with one attached hydrogen (secondary N) is 1. The molecule has 2 aliphatic heterocycles. The lowest BCUT2D eigenvalue weighted by atomic mass is 10.0. The third kappa shape index (κ3) is 3.83. The molecular formula is C21H24N2O3. The van der Waals surface area contributed by atoms with Crippen molar-refractivity contribution in [3.8, 4) is 5.75 Å². The molecule has 2 aliphatic rings. The Labute approximate surface area is 153 Å². The Morgan fingerprint density at radius 1 is 1.15 bits per heavy atom. The fraction of sp³-hybridized carbons (Fsp3) is 0.381. The Kier molecular flexibility index (Phi) is 5.07. The van der Waals surface area contributed by atoms with E-state index in [2.05, 4.69) is 11.4 Å². The molecule has 5 heteroatoms. The Hall–Kier alpha value is -2.53. The summed E-state index contributed by atoms with van der Waals surface area (Å²) in [6.45, 7) is 3.08. The van der Waals surface area contributed by atoms with Crippen LogP contribution in [0.1, 0.15) is 29.2 Å². The largest absolute Gasteiger partial charge is 0.493 e. The minimum atomic E-state index is -0.0587. The maximum absolute atomic E-state index is 12.6. The van der Waals surface area contributed by atoms with Crippen molar-refractivity contribution in [3.05, 3.63) is 65.2 Å². The van der Waals surface area contributed by atoms with Crippen LogP contribution in [0.4, 0.5) is 4.79 Å². The van der Waals surface area contributed by atoms with Crippen LogP contribution >= 0.6 is 0 Å². The fourth-order valence-corrected chi connectivity index (χ4v) is 3.52. The van der Waals surface area contributed by atoms with Gasteiger partial charge in [-0.3, -0.25) is 0 Å². The summed E-state index contributed by atoms with van der Waals surface area (Å²) >= 11 is 0. The van der Waals surface area contributed by atoms with Gasteiger partial charge in [0.05, 0.1) is 19.8 Å². The van der Waals surface area contributed by atoms with E-state index in [1.165, 1.54) is 5.56 Å². The number of aryl methyl sites for hydroxylation is 1. The molecule has 2 heterocycles. The number of fused-ring (bicyclic) bond motifs is 1. The number of carbonyl (C=O) groups excluding carboxylic acids is 1. The smallest absolute Gasteiger partial charge is 0.317 e. The second-order valence-corrected chi connectivity index (χ2v) is 6.77. The topological polar surface area (TPSA) is 50.8 Å². The summed E-state index contributed by atoms with van der Waals surface area (Å²) in [5.41, 5.74) is 3.45. The molecule has 0 saturated carbocycles. The zero-order valence-corrected chi connectivity index (χ0v) is 14.8. The first kappa shape index (κ1) is 16.9. The number of urea groups is 1. The summed E-state index contributed by atoms with van der Waals surface area (Å²) in [6.07, 6.45) is 2.04. The highest BCUT2D eigenvalue weighted by Crippen LogP contribution is 2.26. The molecule has 1 saturated heterocycles. The molecule has 0 radical (unpaired) electrons. The number of hydrogen-bond donors (Lipinski definition) is 1. The number of amides is 2. The number of benzene rings is 2. The number of hydrogen-bond acceptors (Lipinski definition) is 3. The van der Waals surface area contributed by atoms with Gasteiger partial charge >= 0.3 is 6.03 Å². The maximum Gasteiger partial charge on any atom is 0.317 e. The maximum atomic E-state index is 12.6. The molecule has 0 aliphatic carbocycles. The van der Waals surface area contributed by atoms with E-state index < -0.39 is 0 Å². The van der Waals surface area contributed by atoms with E-state index in [0.717, 1.165) is 36.3 Å². The summed E-state index contributed by atoms with van der Waals surface area (Å²) in [6, 6.07) is 16.2. The van der Waals surface area contributed by atoms with Crippen LogP contribution in [0.2, 0.25) is 0 Å². The molecule has 1 N–H and O–H groups in total. The van der Waals surface area contributed by atoms with Gasteiger partial charge in [0.15, 0.2) is 0 Å². The minimum Gasteiger partial charge on any atom is -0.493 e. The van der Waals surface area contributed by atoms with Crippen LogP contribution in [0.5, 0.6) is 5.75 Å². The van der Waals surface area contributed by atoms with Crippen molar-refractivity contribution in [2.24, 2.45) is 0 Å². The van der Waals surface area contributed by atoms with Crippen LogP contribution in [0, 0.1) is 0 Å². The van der Waals surface area contributed by atoms with Crippen molar-refractivity contribution in [2.45, 2.75) is 25.5 Å². The lowest BCUT2D eigenvalue weighted by Crippen LogP contribution is -2.46. The van der Waals surface area contributed by atoms with E-state index >= 15 is 0 Å². The molecule has 0 unspecified atom stereocenters. The highest BCUT2D eigenvalue weighted by Gasteiger charge is 2.25. The van der Waals surface area contributed by atoms with E-state index in [0.29, 0.717) is 26.2 Å². The second kappa shape index (κ2) is 7.79. The van der Waals surface area contributed by atoms with Gasteiger partial charge in [0.25, 0.3) is 0 Å². The molecule has 1 fully saturated rings. The number of nitrogens with zero attached hydrogens (tertiary/aromatic N) is 1. The van der Waals surface area contributed by atoms with Gasteiger partial charge in [-0.1, -0.05) is 42.5 Å². The summed E-state index contributed by atoms with van der Waals surface area (Å²) in [4.78, 5) is 14.4. The van der Waals surface area contributed by atoms with Crippen molar-refractivity contribution in [1.82, 2.24) is 10.2 Å². The molecule has 2 amide bonds. The van der Waals surface area contributed by atoms with Crippen molar-refractivity contribution >= 4 is 6.03 Å². The van der Waals surface area contributed by atoms with Gasteiger partial charge in [-0.15, -0.1) is 0 Å². The first-order chi connectivity index (χ1) is 12.8. The molecule has 5 nitrogen and oxygen atoms in total. The van der Waals surface area contributed by atoms with Gasteiger partial charge in [0.1, 0.15) is 11.9 Å². The highest BCUT2D eigenvalue weighted by molar-refractivity contribution is 5.74. The second-order valence-electron chi connectivity index (χ2n) is 6.77. The number of morpholine rings is 1.